The molecule has 0 aliphatic rings. The second-order valence-corrected chi connectivity index (χ2v) is 3.66. The van der Waals surface area contributed by atoms with Crippen molar-refractivity contribution in [1.29, 1.82) is 0 Å². The monoisotopic (exact) mass is 260 g/mol. The van der Waals surface area contributed by atoms with E-state index in [4.69, 9.17) is 34.8 Å². The van der Waals surface area contributed by atoms with E-state index in [2.05, 4.69) is 19.9 Å². The minimum atomic E-state index is 0.118. The van der Waals surface area contributed by atoms with E-state index in [1.807, 2.05) is 0 Å². The van der Waals surface area contributed by atoms with Crippen LogP contribution in [0.15, 0.2) is 18.3 Å². The van der Waals surface area contributed by atoms with E-state index < -0.39 is 0 Å². The third-order valence-electron chi connectivity index (χ3n) is 1.52. The zero-order valence-electron chi connectivity index (χ0n) is 7.15. The fraction of sp³-hybridized carbons (Fsp3) is 0. The molecule has 2 heterocycles. The molecule has 2 aromatic heterocycles. The van der Waals surface area contributed by atoms with Crippen molar-refractivity contribution in [2.75, 3.05) is 0 Å². The van der Waals surface area contributed by atoms with Crippen LogP contribution in [-0.2, 0) is 0 Å². The summed E-state index contributed by atoms with van der Waals surface area (Å²) in [6.07, 6.45) is 1.50. The van der Waals surface area contributed by atoms with Crippen LogP contribution in [0.3, 0.4) is 0 Å². The Labute approximate surface area is 100 Å². The predicted molar refractivity (Wildman–Crippen MR) is 58.1 cm³/mol. The number of hydrogen-bond acceptors (Lipinski definition) is 4. The average molecular weight is 261 g/mol. The fourth-order valence-electron chi connectivity index (χ4n) is 0.964. The van der Waals surface area contributed by atoms with Gasteiger partial charge >= 0.3 is 0 Å². The standard InChI is InChI=1S/C8H3Cl3N4/c9-5-3-6(10)15-7(14-5)4-1-2-12-8(11)13-4/h1-3H. The lowest BCUT2D eigenvalue weighted by Crippen LogP contribution is -1.93. The molecular formula is C8H3Cl3N4. The van der Waals surface area contributed by atoms with E-state index in [-0.39, 0.29) is 15.6 Å². The first-order valence-corrected chi connectivity index (χ1v) is 4.97. The molecule has 15 heavy (non-hydrogen) atoms. The van der Waals surface area contributed by atoms with Crippen LogP contribution in [0.2, 0.25) is 15.6 Å². The Kier molecular flexibility index (Phi) is 3.00. The Bertz CT molecular complexity index is 483. The normalized spacial score (nSPS) is 10.3. The van der Waals surface area contributed by atoms with E-state index in [0.717, 1.165) is 0 Å². The summed E-state index contributed by atoms with van der Waals surface area (Å²) in [5.41, 5.74) is 0.472. The van der Waals surface area contributed by atoms with Crippen LogP contribution >= 0.6 is 34.8 Å². The van der Waals surface area contributed by atoms with E-state index in [1.54, 1.807) is 6.07 Å². The highest BCUT2D eigenvalue weighted by Crippen LogP contribution is 2.18. The molecule has 0 aliphatic heterocycles. The maximum absolute atomic E-state index is 5.73. The molecule has 2 aromatic rings. The maximum Gasteiger partial charge on any atom is 0.222 e. The predicted octanol–water partition coefficient (Wildman–Crippen LogP) is 2.89. The molecule has 4 nitrogen and oxygen atoms in total. The minimum absolute atomic E-state index is 0.118. The third kappa shape index (κ3) is 2.53. The van der Waals surface area contributed by atoms with Gasteiger partial charge in [-0.05, 0) is 17.7 Å². The molecule has 0 amide bonds. The van der Waals surface area contributed by atoms with Gasteiger partial charge in [-0.1, -0.05) is 23.2 Å². The van der Waals surface area contributed by atoms with E-state index in [0.29, 0.717) is 11.5 Å². The van der Waals surface area contributed by atoms with Gasteiger partial charge in [0.1, 0.15) is 16.0 Å². The van der Waals surface area contributed by atoms with Gasteiger partial charge in [0.05, 0.1) is 0 Å². The summed E-state index contributed by atoms with van der Waals surface area (Å²) in [4.78, 5) is 15.6. The molecule has 0 aromatic carbocycles. The van der Waals surface area contributed by atoms with Gasteiger partial charge in [-0.15, -0.1) is 0 Å². The van der Waals surface area contributed by atoms with E-state index in [1.165, 1.54) is 12.3 Å². The summed E-state index contributed by atoms with van der Waals surface area (Å²) in [5, 5.41) is 0.617. The number of aromatic nitrogens is 4. The van der Waals surface area contributed by atoms with Gasteiger partial charge in [-0.25, -0.2) is 19.9 Å². The van der Waals surface area contributed by atoms with Crippen LogP contribution in [-0.4, -0.2) is 19.9 Å². The first-order valence-electron chi connectivity index (χ1n) is 3.84. The molecule has 0 unspecified atom stereocenters. The van der Waals surface area contributed by atoms with Crippen molar-refractivity contribution in [1.82, 2.24) is 19.9 Å². The molecule has 0 bridgehead atoms. The highest BCUT2D eigenvalue weighted by Gasteiger charge is 2.06. The molecule has 0 saturated carbocycles. The molecule has 76 valence electrons. The Hall–Kier alpha value is -0.970. The lowest BCUT2D eigenvalue weighted by atomic mass is 10.4. The van der Waals surface area contributed by atoms with Crippen LogP contribution in [0.4, 0.5) is 0 Å². The fourth-order valence-corrected chi connectivity index (χ4v) is 1.53. The first-order chi connectivity index (χ1) is 7.15. The highest BCUT2D eigenvalue weighted by molar-refractivity contribution is 6.33. The molecule has 7 heteroatoms. The Morgan fingerprint density at radius 2 is 1.60 bits per heavy atom. The zero-order chi connectivity index (χ0) is 10.8. The second kappa shape index (κ2) is 4.26. The van der Waals surface area contributed by atoms with Crippen LogP contribution < -0.4 is 0 Å². The third-order valence-corrected chi connectivity index (χ3v) is 2.09. The quantitative estimate of drug-likeness (QED) is 0.585. The van der Waals surface area contributed by atoms with Crippen molar-refractivity contribution in [3.63, 3.8) is 0 Å². The molecule has 0 atom stereocenters. The topological polar surface area (TPSA) is 51.6 Å². The second-order valence-electron chi connectivity index (χ2n) is 2.55. The average Bonchev–Trinajstić information content (AvgIpc) is 2.16. The number of halogens is 3. The highest BCUT2D eigenvalue weighted by atomic mass is 35.5. The molecule has 0 aliphatic carbocycles. The largest absolute Gasteiger partial charge is 0.226 e. The summed E-state index contributed by atoms with van der Waals surface area (Å²) in [6.45, 7) is 0. The van der Waals surface area contributed by atoms with E-state index in [9.17, 15) is 0 Å². The summed E-state index contributed by atoms with van der Waals surface area (Å²) in [5.74, 6) is 0.316. The van der Waals surface area contributed by atoms with Crippen molar-refractivity contribution in [3.8, 4) is 11.5 Å². The molecule has 0 saturated heterocycles. The van der Waals surface area contributed by atoms with Gasteiger partial charge in [0.15, 0.2) is 5.82 Å². The van der Waals surface area contributed by atoms with Crippen molar-refractivity contribution in [2.45, 2.75) is 0 Å². The lowest BCUT2D eigenvalue weighted by molar-refractivity contribution is 1.10. The summed E-state index contributed by atoms with van der Waals surface area (Å²) < 4.78 is 0. The Balaban J connectivity index is 2.54. The van der Waals surface area contributed by atoms with Gasteiger partial charge < -0.3 is 0 Å². The molecule has 0 fully saturated rings. The summed E-state index contributed by atoms with van der Waals surface area (Å²) in [7, 11) is 0. The van der Waals surface area contributed by atoms with Crippen molar-refractivity contribution >= 4 is 34.8 Å². The molecular weight excluding hydrogens is 258 g/mol. The molecule has 2 rings (SSSR count). The van der Waals surface area contributed by atoms with Gasteiger partial charge in [0, 0.05) is 12.3 Å². The number of nitrogens with zero attached hydrogens (tertiary/aromatic N) is 4. The van der Waals surface area contributed by atoms with Gasteiger partial charge in [-0.3, -0.25) is 0 Å². The lowest BCUT2D eigenvalue weighted by Gasteiger charge is -2.00. The van der Waals surface area contributed by atoms with Crippen molar-refractivity contribution in [2.24, 2.45) is 0 Å². The van der Waals surface area contributed by atoms with Gasteiger partial charge in [-0.2, -0.15) is 0 Å². The number of rotatable bonds is 1. The van der Waals surface area contributed by atoms with E-state index >= 15 is 0 Å². The molecule has 0 N–H and O–H groups in total. The molecule has 0 spiro atoms. The van der Waals surface area contributed by atoms with Gasteiger partial charge in [0.25, 0.3) is 0 Å². The van der Waals surface area contributed by atoms with Crippen LogP contribution in [0.1, 0.15) is 0 Å². The minimum Gasteiger partial charge on any atom is -0.226 e. The first kappa shape index (κ1) is 10.5. The summed E-state index contributed by atoms with van der Waals surface area (Å²) in [6, 6.07) is 3.06. The Morgan fingerprint density at radius 1 is 0.933 bits per heavy atom. The number of hydrogen-bond donors (Lipinski definition) is 0. The summed E-state index contributed by atoms with van der Waals surface area (Å²) >= 11 is 17.1. The molecule has 0 radical (unpaired) electrons. The smallest absolute Gasteiger partial charge is 0.222 e. The van der Waals surface area contributed by atoms with Crippen LogP contribution in [0.5, 0.6) is 0 Å². The Morgan fingerprint density at radius 3 is 2.20 bits per heavy atom. The zero-order valence-corrected chi connectivity index (χ0v) is 9.42. The SMILES string of the molecule is Clc1cc(Cl)nc(-c2ccnc(Cl)n2)n1. The van der Waals surface area contributed by atoms with Crippen LogP contribution in [0, 0.1) is 0 Å². The maximum atomic E-state index is 5.73. The van der Waals surface area contributed by atoms with Crippen molar-refractivity contribution < 1.29 is 0 Å². The van der Waals surface area contributed by atoms with Crippen LogP contribution in [0.25, 0.3) is 11.5 Å². The van der Waals surface area contributed by atoms with Crippen molar-refractivity contribution in [3.05, 3.63) is 33.9 Å². The van der Waals surface area contributed by atoms with Gasteiger partial charge in [0.2, 0.25) is 5.28 Å².